The monoisotopic (exact) mass is 322 g/mol. The Morgan fingerprint density at radius 3 is 2.50 bits per heavy atom. The van der Waals surface area contributed by atoms with Gasteiger partial charge in [-0.2, -0.15) is 0 Å². The van der Waals surface area contributed by atoms with Gasteiger partial charge >= 0.3 is 0 Å². The molecular weight excluding hydrogens is 300 g/mol. The zero-order chi connectivity index (χ0) is 16.4. The first-order valence-electron chi connectivity index (χ1n) is 8.63. The van der Waals surface area contributed by atoms with Gasteiger partial charge in [-0.25, -0.2) is 0 Å². The van der Waals surface area contributed by atoms with Gasteiger partial charge in [0.1, 0.15) is 0 Å². The van der Waals surface area contributed by atoms with Gasteiger partial charge < -0.3 is 10.1 Å². The van der Waals surface area contributed by atoms with E-state index in [4.69, 9.17) is 4.74 Å². The molecule has 1 saturated heterocycles. The first-order valence-corrected chi connectivity index (χ1v) is 8.63. The summed E-state index contributed by atoms with van der Waals surface area (Å²) in [5, 5.41) is 3.25. The number of aromatic nitrogens is 1. The predicted octanol–water partition coefficient (Wildman–Crippen LogP) is 2.17. The van der Waals surface area contributed by atoms with Crippen molar-refractivity contribution in [2.24, 2.45) is 11.8 Å². The third kappa shape index (κ3) is 3.20. The number of benzene rings is 1. The van der Waals surface area contributed by atoms with Crippen molar-refractivity contribution in [2.45, 2.75) is 25.3 Å². The van der Waals surface area contributed by atoms with Crippen LogP contribution in [0, 0.1) is 11.8 Å². The molecular formula is C20H22N2O2. The zero-order valence-electron chi connectivity index (χ0n) is 13.7. The molecule has 2 heterocycles. The first-order chi connectivity index (χ1) is 11.8. The summed E-state index contributed by atoms with van der Waals surface area (Å²) >= 11 is 0. The van der Waals surface area contributed by atoms with E-state index in [-0.39, 0.29) is 17.9 Å². The Bertz CT molecular complexity index is 692. The number of hydrogen-bond donors (Lipinski definition) is 1. The SMILES string of the molecule is O=C(N[C@H]1COC[C@H]1Cc1ccncc1)C1Cc2ccccc2C1. The number of hydrogen-bond acceptors (Lipinski definition) is 3. The van der Waals surface area contributed by atoms with Crippen LogP contribution in [0.3, 0.4) is 0 Å². The Hall–Kier alpha value is -2.20. The molecule has 0 spiro atoms. The number of fused-ring (bicyclic) bond motifs is 1. The Morgan fingerprint density at radius 2 is 1.79 bits per heavy atom. The van der Waals surface area contributed by atoms with Crippen LogP contribution in [0.25, 0.3) is 0 Å². The van der Waals surface area contributed by atoms with E-state index in [0.717, 1.165) is 19.3 Å². The predicted molar refractivity (Wildman–Crippen MR) is 91.5 cm³/mol. The molecule has 1 amide bonds. The Kier molecular flexibility index (Phi) is 4.30. The topological polar surface area (TPSA) is 51.2 Å². The standard InChI is InChI=1S/C20H22N2O2/c23-20(17-10-15-3-1-2-4-16(15)11-17)22-19-13-24-12-18(19)9-14-5-7-21-8-6-14/h1-8,17-19H,9-13H2,(H,22,23)/t18-,19+/m1/s1. The average Bonchev–Trinajstić information content (AvgIpc) is 3.23. The van der Waals surface area contributed by atoms with Crippen LogP contribution in [0.1, 0.15) is 16.7 Å². The van der Waals surface area contributed by atoms with Crippen molar-refractivity contribution in [1.82, 2.24) is 10.3 Å². The van der Waals surface area contributed by atoms with Gasteiger partial charge in [0.25, 0.3) is 0 Å². The fourth-order valence-corrected chi connectivity index (χ4v) is 3.83. The summed E-state index contributed by atoms with van der Waals surface area (Å²) in [7, 11) is 0. The molecule has 0 bridgehead atoms. The summed E-state index contributed by atoms with van der Waals surface area (Å²) in [6.07, 6.45) is 6.25. The van der Waals surface area contributed by atoms with Crippen LogP contribution < -0.4 is 5.32 Å². The minimum absolute atomic E-state index is 0.0598. The van der Waals surface area contributed by atoms with Crippen LogP contribution in [0.15, 0.2) is 48.8 Å². The molecule has 4 rings (SSSR count). The molecule has 1 aliphatic carbocycles. The van der Waals surface area contributed by atoms with E-state index in [1.54, 1.807) is 0 Å². The maximum atomic E-state index is 12.7. The number of nitrogens with zero attached hydrogens (tertiary/aromatic N) is 1. The second-order valence-corrected chi connectivity index (χ2v) is 6.85. The lowest BCUT2D eigenvalue weighted by Gasteiger charge is -2.21. The molecule has 1 N–H and O–H groups in total. The Labute approximate surface area is 142 Å². The van der Waals surface area contributed by atoms with Crippen LogP contribution in [0.4, 0.5) is 0 Å². The second kappa shape index (κ2) is 6.73. The molecule has 4 nitrogen and oxygen atoms in total. The fraction of sp³-hybridized carbons (Fsp3) is 0.400. The quantitative estimate of drug-likeness (QED) is 0.938. The summed E-state index contributed by atoms with van der Waals surface area (Å²) in [5.41, 5.74) is 3.87. The van der Waals surface area contributed by atoms with Gasteiger partial charge in [-0.05, 0) is 48.1 Å². The molecule has 1 fully saturated rings. The number of pyridine rings is 1. The molecule has 1 aromatic carbocycles. The molecule has 124 valence electrons. The van der Waals surface area contributed by atoms with Crippen molar-refractivity contribution in [2.75, 3.05) is 13.2 Å². The zero-order valence-corrected chi connectivity index (χ0v) is 13.7. The maximum absolute atomic E-state index is 12.7. The Balaban J connectivity index is 1.37. The van der Waals surface area contributed by atoms with E-state index in [2.05, 4.69) is 34.6 Å². The molecule has 1 aliphatic heterocycles. The highest BCUT2D eigenvalue weighted by Gasteiger charge is 2.33. The Morgan fingerprint density at radius 1 is 1.08 bits per heavy atom. The van der Waals surface area contributed by atoms with E-state index >= 15 is 0 Å². The van der Waals surface area contributed by atoms with Crippen LogP contribution in [-0.2, 0) is 28.8 Å². The molecule has 2 aliphatic rings. The third-order valence-corrected chi connectivity index (χ3v) is 5.20. The van der Waals surface area contributed by atoms with Crippen LogP contribution in [0.2, 0.25) is 0 Å². The molecule has 0 radical (unpaired) electrons. The summed E-state index contributed by atoms with van der Waals surface area (Å²) in [5.74, 6) is 0.561. The van der Waals surface area contributed by atoms with Crippen molar-refractivity contribution >= 4 is 5.91 Å². The lowest BCUT2D eigenvalue weighted by Crippen LogP contribution is -2.43. The fourth-order valence-electron chi connectivity index (χ4n) is 3.83. The third-order valence-electron chi connectivity index (χ3n) is 5.20. The van der Waals surface area contributed by atoms with E-state index < -0.39 is 0 Å². The van der Waals surface area contributed by atoms with Crippen molar-refractivity contribution in [3.8, 4) is 0 Å². The average molecular weight is 322 g/mol. The summed E-state index contributed by atoms with van der Waals surface area (Å²) in [4.78, 5) is 16.7. The van der Waals surface area contributed by atoms with Gasteiger partial charge in [-0.3, -0.25) is 9.78 Å². The van der Waals surface area contributed by atoms with Crippen LogP contribution in [0.5, 0.6) is 0 Å². The van der Waals surface area contributed by atoms with Gasteiger partial charge in [0.15, 0.2) is 0 Å². The normalized spacial score (nSPS) is 23.2. The molecule has 0 saturated carbocycles. The summed E-state index contributed by atoms with van der Waals surface area (Å²) in [6, 6.07) is 12.5. The highest BCUT2D eigenvalue weighted by atomic mass is 16.5. The highest BCUT2D eigenvalue weighted by Crippen LogP contribution is 2.27. The van der Waals surface area contributed by atoms with Crippen molar-refractivity contribution in [3.05, 3.63) is 65.5 Å². The molecule has 0 unspecified atom stereocenters. The molecule has 2 aromatic rings. The number of rotatable bonds is 4. The molecule has 24 heavy (non-hydrogen) atoms. The van der Waals surface area contributed by atoms with Gasteiger partial charge in [0, 0.05) is 24.2 Å². The summed E-state index contributed by atoms with van der Waals surface area (Å²) in [6.45, 7) is 1.32. The lowest BCUT2D eigenvalue weighted by molar-refractivity contribution is -0.125. The molecule has 4 heteroatoms. The minimum atomic E-state index is 0.0598. The van der Waals surface area contributed by atoms with E-state index in [9.17, 15) is 4.79 Å². The molecule has 2 atom stereocenters. The van der Waals surface area contributed by atoms with Gasteiger partial charge in [0.2, 0.25) is 5.91 Å². The lowest BCUT2D eigenvalue weighted by atomic mass is 9.94. The van der Waals surface area contributed by atoms with Crippen molar-refractivity contribution in [1.29, 1.82) is 0 Å². The largest absolute Gasteiger partial charge is 0.379 e. The van der Waals surface area contributed by atoms with Crippen LogP contribution >= 0.6 is 0 Å². The van der Waals surface area contributed by atoms with Crippen molar-refractivity contribution < 1.29 is 9.53 Å². The van der Waals surface area contributed by atoms with Crippen molar-refractivity contribution in [3.63, 3.8) is 0 Å². The first kappa shape index (κ1) is 15.3. The number of carbonyl (C=O) groups excluding carboxylic acids is 1. The van der Waals surface area contributed by atoms with E-state index in [0.29, 0.717) is 19.1 Å². The van der Waals surface area contributed by atoms with Crippen LogP contribution in [-0.4, -0.2) is 30.1 Å². The number of nitrogens with one attached hydrogen (secondary N) is 1. The number of amides is 1. The smallest absolute Gasteiger partial charge is 0.224 e. The van der Waals surface area contributed by atoms with E-state index in [1.165, 1.54) is 16.7 Å². The minimum Gasteiger partial charge on any atom is -0.379 e. The number of carbonyl (C=O) groups is 1. The van der Waals surface area contributed by atoms with Gasteiger partial charge in [-0.1, -0.05) is 24.3 Å². The van der Waals surface area contributed by atoms with Gasteiger partial charge in [0.05, 0.1) is 19.3 Å². The highest BCUT2D eigenvalue weighted by molar-refractivity contribution is 5.80. The summed E-state index contributed by atoms with van der Waals surface area (Å²) < 4.78 is 5.64. The van der Waals surface area contributed by atoms with Gasteiger partial charge in [-0.15, -0.1) is 0 Å². The maximum Gasteiger partial charge on any atom is 0.224 e. The molecule has 1 aromatic heterocycles. The number of ether oxygens (including phenoxy) is 1. The van der Waals surface area contributed by atoms with E-state index in [1.807, 2.05) is 24.5 Å². The second-order valence-electron chi connectivity index (χ2n) is 6.85.